The SMILES string of the molecule is CCCCOc1cc(F)c(CCN2CCCC[C@H]2CO)c(F)c1. The molecule has 1 aliphatic rings. The second-order valence-corrected chi connectivity index (χ2v) is 6.19. The van der Waals surface area contributed by atoms with Crippen molar-refractivity contribution in [3.63, 3.8) is 0 Å². The number of unbranched alkanes of at least 4 members (excludes halogenated alkanes) is 1. The number of aliphatic hydroxyl groups excluding tert-OH is 1. The number of likely N-dealkylation sites (tertiary alicyclic amines) is 1. The summed E-state index contributed by atoms with van der Waals surface area (Å²) in [6, 6.07) is 2.66. The van der Waals surface area contributed by atoms with Gasteiger partial charge in [-0.1, -0.05) is 19.8 Å². The highest BCUT2D eigenvalue weighted by atomic mass is 19.1. The molecule has 5 heteroatoms. The van der Waals surface area contributed by atoms with E-state index in [1.807, 2.05) is 6.92 Å². The van der Waals surface area contributed by atoms with E-state index < -0.39 is 11.6 Å². The zero-order valence-corrected chi connectivity index (χ0v) is 13.9. The zero-order chi connectivity index (χ0) is 16.7. The number of hydrogen-bond donors (Lipinski definition) is 1. The second-order valence-electron chi connectivity index (χ2n) is 6.19. The fourth-order valence-corrected chi connectivity index (χ4v) is 3.05. The molecule has 130 valence electrons. The predicted molar refractivity (Wildman–Crippen MR) is 86.8 cm³/mol. The summed E-state index contributed by atoms with van der Waals surface area (Å²) in [6.07, 6.45) is 5.28. The van der Waals surface area contributed by atoms with E-state index in [0.717, 1.165) is 38.6 Å². The molecule has 0 aliphatic carbocycles. The lowest BCUT2D eigenvalue weighted by Crippen LogP contribution is -2.42. The normalized spacial score (nSPS) is 19.0. The lowest BCUT2D eigenvalue weighted by molar-refractivity contribution is 0.0909. The van der Waals surface area contributed by atoms with Crippen LogP contribution in [0.1, 0.15) is 44.6 Å². The molecule has 1 N–H and O–H groups in total. The van der Waals surface area contributed by atoms with Crippen molar-refractivity contribution in [1.29, 1.82) is 0 Å². The van der Waals surface area contributed by atoms with Crippen LogP contribution in [0.25, 0.3) is 0 Å². The third-order valence-corrected chi connectivity index (χ3v) is 4.49. The number of aliphatic hydroxyl groups is 1. The van der Waals surface area contributed by atoms with Crippen molar-refractivity contribution in [2.45, 2.75) is 51.5 Å². The van der Waals surface area contributed by atoms with Crippen LogP contribution in [0.2, 0.25) is 0 Å². The van der Waals surface area contributed by atoms with Crippen LogP contribution in [-0.4, -0.2) is 42.4 Å². The number of rotatable bonds is 8. The van der Waals surface area contributed by atoms with E-state index >= 15 is 0 Å². The lowest BCUT2D eigenvalue weighted by Gasteiger charge is -2.34. The molecule has 0 radical (unpaired) electrons. The largest absolute Gasteiger partial charge is 0.493 e. The van der Waals surface area contributed by atoms with Gasteiger partial charge in [-0.15, -0.1) is 0 Å². The third kappa shape index (κ3) is 5.15. The number of piperidine rings is 1. The fourth-order valence-electron chi connectivity index (χ4n) is 3.05. The number of benzene rings is 1. The maximum absolute atomic E-state index is 14.2. The molecule has 0 aromatic heterocycles. The van der Waals surface area contributed by atoms with Gasteiger partial charge in [0.15, 0.2) is 0 Å². The van der Waals surface area contributed by atoms with Gasteiger partial charge < -0.3 is 9.84 Å². The molecule has 1 atom stereocenters. The second kappa shape index (κ2) is 9.18. The van der Waals surface area contributed by atoms with Crippen LogP contribution in [0.15, 0.2) is 12.1 Å². The van der Waals surface area contributed by atoms with Gasteiger partial charge in [-0.25, -0.2) is 8.78 Å². The van der Waals surface area contributed by atoms with Crippen molar-refractivity contribution in [1.82, 2.24) is 4.90 Å². The minimum absolute atomic E-state index is 0.106. The summed E-state index contributed by atoms with van der Waals surface area (Å²) < 4.78 is 33.7. The summed E-state index contributed by atoms with van der Waals surface area (Å²) in [4.78, 5) is 2.13. The summed E-state index contributed by atoms with van der Waals surface area (Å²) in [5, 5.41) is 9.40. The van der Waals surface area contributed by atoms with Crippen LogP contribution in [-0.2, 0) is 6.42 Å². The van der Waals surface area contributed by atoms with E-state index in [1.165, 1.54) is 12.1 Å². The van der Waals surface area contributed by atoms with Gasteiger partial charge in [0, 0.05) is 30.3 Å². The molecule has 0 saturated carbocycles. The molecular weight excluding hydrogens is 300 g/mol. The Hall–Kier alpha value is -1.20. The van der Waals surface area contributed by atoms with Crippen LogP contribution < -0.4 is 4.74 Å². The fraction of sp³-hybridized carbons (Fsp3) is 0.667. The molecule has 23 heavy (non-hydrogen) atoms. The maximum atomic E-state index is 14.2. The maximum Gasteiger partial charge on any atom is 0.133 e. The van der Waals surface area contributed by atoms with E-state index in [9.17, 15) is 13.9 Å². The van der Waals surface area contributed by atoms with Crippen molar-refractivity contribution < 1.29 is 18.6 Å². The van der Waals surface area contributed by atoms with Gasteiger partial charge in [-0.3, -0.25) is 4.90 Å². The van der Waals surface area contributed by atoms with Crippen molar-refractivity contribution in [3.8, 4) is 5.75 Å². The van der Waals surface area contributed by atoms with Crippen LogP contribution in [0.3, 0.4) is 0 Å². The van der Waals surface area contributed by atoms with Gasteiger partial charge in [0.05, 0.1) is 13.2 Å². The molecule has 1 aliphatic heterocycles. The van der Waals surface area contributed by atoms with Crippen molar-refractivity contribution in [2.75, 3.05) is 26.3 Å². The molecule has 3 nitrogen and oxygen atoms in total. The van der Waals surface area contributed by atoms with Crippen molar-refractivity contribution in [2.24, 2.45) is 0 Å². The predicted octanol–water partition coefficient (Wildman–Crippen LogP) is 3.53. The first-order valence-electron chi connectivity index (χ1n) is 8.61. The van der Waals surface area contributed by atoms with Gasteiger partial charge >= 0.3 is 0 Å². The molecule has 1 heterocycles. The zero-order valence-electron chi connectivity index (χ0n) is 13.9. The highest BCUT2D eigenvalue weighted by Gasteiger charge is 2.22. The molecule has 0 bridgehead atoms. The first-order valence-corrected chi connectivity index (χ1v) is 8.61. The monoisotopic (exact) mass is 327 g/mol. The average molecular weight is 327 g/mol. The molecule has 1 aromatic carbocycles. The Morgan fingerprint density at radius 1 is 1.26 bits per heavy atom. The van der Waals surface area contributed by atoms with Gasteiger partial charge in [-0.05, 0) is 32.2 Å². The Kier molecular flexibility index (Phi) is 7.24. The number of halogens is 2. The Bertz CT molecular complexity index is 473. The molecule has 1 saturated heterocycles. The van der Waals surface area contributed by atoms with Crippen LogP contribution in [0, 0.1) is 11.6 Å². The number of hydrogen-bond acceptors (Lipinski definition) is 3. The summed E-state index contributed by atoms with van der Waals surface area (Å²) in [7, 11) is 0. The summed E-state index contributed by atoms with van der Waals surface area (Å²) in [6.45, 7) is 4.06. The Balaban J connectivity index is 1.96. The Morgan fingerprint density at radius 3 is 2.65 bits per heavy atom. The minimum atomic E-state index is -0.547. The first kappa shape index (κ1) is 18.1. The Labute approximate surface area is 137 Å². The summed E-state index contributed by atoms with van der Waals surface area (Å²) in [5.74, 6) is -0.841. The lowest BCUT2D eigenvalue weighted by atomic mass is 10.0. The van der Waals surface area contributed by atoms with Crippen molar-refractivity contribution >= 4 is 0 Å². The quantitative estimate of drug-likeness (QED) is 0.742. The van der Waals surface area contributed by atoms with Gasteiger partial charge in [0.1, 0.15) is 17.4 Å². The molecule has 2 rings (SSSR count). The highest BCUT2D eigenvalue weighted by Crippen LogP contribution is 2.23. The van der Waals surface area contributed by atoms with Crippen LogP contribution in [0.4, 0.5) is 8.78 Å². The van der Waals surface area contributed by atoms with Crippen LogP contribution in [0.5, 0.6) is 5.75 Å². The van der Waals surface area contributed by atoms with Crippen LogP contribution >= 0.6 is 0 Å². The minimum Gasteiger partial charge on any atom is -0.493 e. The first-order chi connectivity index (χ1) is 11.2. The van der Waals surface area contributed by atoms with Gasteiger partial charge in [0.2, 0.25) is 0 Å². The molecule has 0 amide bonds. The van der Waals surface area contributed by atoms with E-state index in [-0.39, 0.29) is 24.0 Å². The molecular formula is C18H27F2NO2. The van der Waals surface area contributed by atoms with E-state index in [2.05, 4.69) is 4.90 Å². The number of nitrogens with zero attached hydrogens (tertiary/aromatic N) is 1. The smallest absolute Gasteiger partial charge is 0.133 e. The van der Waals surface area contributed by atoms with Crippen molar-refractivity contribution in [3.05, 3.63) is 29.3 Å². The average Bonchev–Trinajstić information content (AvgIpc) is 2.54. The third-order valence-electron chi connectivity index (χ3n) is 4.49. The highest BCUT2D eigenvalue weighted by molar-refractivity contribution is 5.30. The standard InChI is InChI=1S/C18H27F2NO2/c1-2-3-10-23-15-11-17(19)16(18(20)12-15)7-9-21-8-5-4-6-14(21)13-22/h11-12,14,22H,2-10,13H2,1H3/t14-/m0/s1. The topological polar surface area (TPSA) is 32.7 Å². The number of ether oxygens (including phenoxy) is 1. The van der Waals surface area contributed by atoms with Gasteiger partial charge in [0.25, 0.3) is 0 Å². The van der Waals surface area contributed by atoms with E-state index in [0.29, 0.717) is 19.6 Å². The molecule has 0 spiro atoms. The van der Waals surface area contributed by atoms with E-state index in [4.69, 9.17) is 4.74 Å². The molecule has 1 aromatic rings. The van der Waals surface area contributed by atoms with Gasteiger partial charge in [-0.2, -0.15) is 0 Å². The summed E-state index contributed by atoms with van der Waals surface area (Å²) in [5.41, 5.74) is 0.107. The van der Waals surface area contributed by atoms with E-state index in [1.54, 1.807) is 0 Å². The summed E-state index contributed by atoms with van der Waals surface area (Å²) >= 11 is 0. The molecule has 1 fully saturated rings. The molecule has 0 unspecified atom stereocenters. The Morgan fingerprint density at radius 2 is 2.00 bits per heavy atom.